The number of carbonyl (C=O) groups excluding carboxylic acids is 2. The minimum Gasteiger partial charge on any atom is -0.352 e. The second-order valence-electron chi connectivity index (χ2n) is 7.46. The number of pyridine rings is 1. The van der Waals surface area contributed by atoms with Gasteiger partial charge in [0.15, 0.2) is 0 Å². The van der Waals surface area contributed by atoms with E-state index in [4.69, 9.17) is 4.98 Å². The Labute approximate surface area is 163 Å². The zero-order valence-electron chi connectivity index (χ0n) is 15.6. The van der Waals surface area contributed by atoms with Gasteiger partial charge in [-0.2, -0.15) is 0 Å². The van der Waals surface area contributed by atoms with Gasteiger partial charge in [-0.25, -0.2) is 9.59 Å². The van der Waals surface area contributed by atoms with E-state index in [9.17, 15) is 9.59 Å². The van der Waals surface area contributed by atoms with Crippen molar-refractivity contribution in [3.05, 3.63) is 53.4 Å². The molecule has 4 aliphatic rings. The maximum Gasteiger partial charge on any atom is 0.323 e. The van der Waals surface area contributed by atoms with E-state index in [2.05, 4.69) is 32.8 Å². The highest BCUT2D eigenvalue weighted by Crippen LogP contribution is 2.24. The van der Waals surface area contributed by atoms with Crippen molar-refractivity contribution in [1.29, 1.82) is 0 Å². The number of rotatable bonds is 4. The second kappa shape index (κ2) is 6.74. The Morgan fingerprint density at radius 2 is 1.32 bits per heavy atom. The summed E-state index contributed by atoms with van der Waals surface area (Å²) < 4.78 is 0. The largest absolute Gasteiger partial charge is 0.352 e. The van der Waals surface area contributed by atoms with Crippen LogP contribution in [0.3, 0.4) is 0 Å². The van der Waals surface area contributed by atoms with Crippen LogP contribution in [0, 0.1) is 0 Å². The predicted molar refractivity (Wildman–Crippen MR) is 101 cm³/mol. The Hall–Kier alpha value is -3.23. The first kappa shape index (κ1) is 16.9. The normalized spacial score (nSPS) is 21.1. The van der Waals surface area contributed by atoms with E-state index in [1.165, 1.54) is 0 Å². The number of carbonyl (C=O) groups is 2. The lowest BCUT2D eigenvalue weighted by Crippen LogP contribution is -2.44. The average molecular weight is 381 g/mol. The maximum absolute atomic E-state index is 11.9. The van der Waals surface area contributed by atoms with E-state index >= 15 is 0 Å². The molecule has 146 valence electrons. The molecule has 2 fully saturated rings. The van der Waals surface area contributed by atoms with E-state index in [1.54, 1.807) is 9.80 Å². The Morgan fingerprint density at radius 3 is 1.79 bits per heavy atom. The van der Waals surface area contributed by atoms with Crippen LogP contribution in [0.5, 0.6) is 0 Å². The molecule has 0 bridgehead atoms. The maximum atomic E-state index is 11.9. The molecule has 2 saturated heterocycles. The number of hydrogen-bond acceptors (Lipinski definition) is 5. The molecule has 0 atom stereocenters. The van der Waals surface area contributed by atoms with Crippen molar-refractivity contribution in [1.82, 2.24) is 35.2 Å². The summed E-state index contributed by atoms with van der Waals surface area (Å²) in [5.74, 6) is 0. The first-order valence-electron chi connectivity index (χ1n) is 9.61. The zero-order valence-corrected chi connectivity index (χ0v) is 15.6. The second-order valence-corrected chi connectivity index (χ2v) is 7.46. The number of hydrogen-bond donors (Lipinski definition) is 2. The van der Waals surface area contributed by atoms with Gasteiger partial charge in [-0.05, 0) is 12.1 Å². The van der Waals surface area contributed by atoms with E-state index < -0.39 is 0 Å². The molecule has 5 heterocycles. The van der Waals surface area contributed by atoms with Gasteiger partial charge in [-0.15, -0.1) is 0 Å². The quantitative estimate of drug-likeness (QED) is 0.817. The average Bonchev–Trinajstić information content (AvgIpc) is 3.27. The summed E-state index contributed by atoms with van der Waals surface area (Å²) >= 11 is 0. The van der Waals surface area contributed by atoms with E-state index in [0.717, 1.165) is 35.6 Å². The first-order chi connectivity index (χ1) is 13.7. The van der Waals surface area contributed by atoms with Gasteiger partial charge in [0.05, 0.1) is 37.8 Å². The smallest absolute Gasteiger partial charge is 0.323 e. The standard InChI is InChI=1S/C19H23N7O2/c27-18-20-6-4-16-10-23(12-25(16)18)8-14-2-1-3-15(22-14)9-24-11-17-5-7-21-19(28)26(17)13-24/h1-3,10-11H,4-9,12-13H2,(H,20,27)(H,21,28). The van der Waals surface area contributed by atoms with Crippen LogP contribution >= 0.6 is 0 Å². The molecular weight excluding hydrogens is 358 g/mol. The summed E-state index contributed by atoms with van der Waals surface area (Å²) in [6, 6.07) is 6.00. The van der Waals surface area contributed by atoms with Crippen molar-refractivity contribution >= 4 is 12.1 Å². The molecule has 4 aliphatic heterocycles. The van der Waals surface area contributed by atoms with Crippen LogP contribution in [0.2, 0.25) is 0 Å². The van der Waals surface area contributed by atoms with Crippen LogP contribution in [0.1, 0.15) is 24.2 Å². The molecule has 0 aliphatic carbocycles. The van der Waals surface area contributed by atoms with Crippen molar-refractivity contribution in [3.8, 4) is 0 Å². The highest BCUT2D eigenvalue weighted by atomic mass is 16.2. The van der Waals surface area contributed by atoms with Gasteiger partial charge in [-0.3, -0.25) is 14.8 Å². The van der Waals surface area contributed by atoms with Crippen molar-refractivity contribution in [2.75, 3.05) is 26.4 Å². The Kier molecular flexibility index (Phi) is 4.07. The van der Waals surface area contributed by atoms with Crippen molar-refractivity contribution in [2.24, 2.45) is 0 Å². The van der Waals surface area contributed by atoms with Gasteiger partial charge in [0.1, 0.15) is 0 Å². The SMILES string of the molecule is O=C1NCCC2=CN(Cc3cccc(CN4C=C5CCNC(=O)N5C4)n3)CN12. The third kappa shape index (κ3) is 3.12. The molecule has 9 nitrogen and oxygen atoms in total. The summed E-state index contributed by atoms with van der Waals surface area (Å²) in [6.45, 7) is 3.85. The summed E-state index contributed by atoms with van der Waals surface area (Å²) in [5.41, 5.74) is 4.07. The number of urea groups is 2. The van der Waals surface area contributed by atoms with Crippen LogP contribution in [-0.2, 0) is 13.1 Å². The zero-order chi connectivity index (χ0) is 19.1. The fourth-order valence-electron chi connectivity index (χ4n) is 4.07. The molecule has 1 aromatic heterocycles. The number of nitrogens with zero attached hydrogens (tertiary/aromatic N) is 5. The van der Waals surface area contributed by atoms with Gasteiger partial charge >= 0.3 is 12.1 Å². The minimum absolute atomic E-state index is 0.0238. The summed E-state index contributed by atoms with van der Waals surface area (Å²) in [7, 11) is 0. The van der Waals surface area contributed by atoms with E-state index in [0.29, 0.717) is 39.5 Å². The molecule has 1 aromatic rings. The number of fused-ring (bicyclic) bond motifs is 2. The van der Waals surface area contributed by atoms with Gasteiger partial charge in [-0.1, -0.05) is 6.07 Å². The fourth-order valence-corrected chi connectivity index (χ4v) is 4.07. The van der Waals surface area contributed by atoms with Gasteiger partial charge in [0, 0.05) is 49.7 Å². The summed E-state index contributed by atoms with van der Waals surface area (Å²) in [4.78, 5) is 36.5. The molecule has 2 N–H and O–H groups in total. The molecule has 5 rings (SSSR count). The Balaban J connectivity index is 1.24. The summed E-state index contributed by atoms with van der Waals surface area (Å²) in [6.07, 6.45) is 5.86. The monoisotopic (exact) mass is 381 g/mol. The molecular formula is C19H23N7O2. The van der Waals surface area contributed by atoms with Gasteiger partial charge in [0.2, 0.25) is 0 Å². The fraction of sp³-hybridized carbons (Fsp3) is 0.421. The minimum atomic E-state index is -0.0238. The number of aromatic nitrogens is 1. The van der Waals surface area contributed by atoms with Crippen LogP contribution < -0.4 is 10.6 Å². The third-order valence-corrected chi connectivity index (χ3v) is 5.40. The summed E-state index contributed by atoms with van der Waals surface area (Å²) in [5, 5.41) is 5.74. The van der Waals surface area contributed by atoms with E-state index in [1.807, 2.05) is 18.2 Å². The topological polar surface area (TPSA) is 84.0 Å². The molecule has 9 heteroatoms. The molecule has 0 radical (unpaired) electrons. The van der Waals surface area contributed by atoms with Crippen LogP contribution in [0.25, 0.3) is 0 Å². The molecule has 0 unspecified atom stereocenters. The lowest BCUT2D eigenvalue weighted by atomic mass is 10.2. The lowest BCUT2D eigenvalue weighted by Gasteiger charge is -2.26. The van der Waals surface area contributed by atoms with Gasteiger partial charge in [0.25, 0.3) is 0 Å². The molecule has 28 heavy (non-hydrogen) atoms. The van der Waals surface area contributed by atoms with Crippen molar-refractivity contribution < 1.29 is 9.59 Å². The number of nitrogens with one attached hydrogen (secondary N) is 2. The molecule has 0 saturated carbocycles. The molecule has 0 spiro atoms. The highest BCUT2D eigenvalue weighted by Gasteiger charge is 2.30. The first-order valence-corrected chi connectivity index (χ1v) is 9.61. The number of amides is 4. The van der Waals surface area contributed by atoms with Crippen LogP contribution in [0.4, 0.5) is 9.59 Å². The Morgan fingerprint density at radius 1 is 0.821 bits per heavy atom. The van der Waals surface area contributed by atoms with Gasteiger partial charge < -0.3 is 20.4 Å². The third-order valence-electron chi connectivity index (χ3n) is 5.40. The molecule has 4 amide bonds. The van der Waals surface area contributed by atoms with Crippen molar-refractivity contribution in [3.63, 3.8) is 0 Å². The lowest BCUT2D eigenvalue weighted by molar-refractivity contribution is 0.189. The predicted octanol–water partition coefficient (Wildman–Crippen LogP) is 1.14. The van der Waals surface area contributed by atoms with E-state index in [-0.39, 0.29) is 12.1 Å². The highest BCUT2D eigenvalue weighted by molar-refractivity contribution is 5.78. The molecule has 0 aromatic carbocycles. The van der Waals surface area contributed by atoms with Crippen LogP contribution in [0.15, 0.2) is 42.0 Å². The van der Waals surface area contributed by atoms with Crippen molar-refractivity contribution in [2.45, 2.75) is 25.9 Å². The Bertz CT molecular complexity index is 814. The van der Waals surface area contributed by atoms with Crippen LogP contribution in [-0.4, -0.2) is 63.1 Å².